The highest BCUT2D eigenvalue weighted by atomic mass is 79.9. The first kappa shape index (κ1) is 16.4. The molecule has 110 valence electrons. The molecule has 20 heavy (non-hydrogen) atoms. The first-order valence-corrected chi connectivity index (χ1v) is 6.60. The summed E-state index contributed by atoms with van der Waals surface area (Å²) in [5.41, 5.74) is 4.18. The van der Waals surface area contributed by atoms with Crippen molar-refractivity contribution in [3.05, 3.63) is 32.8 Å². The van der Waals surface area contributed by atoms with Crippen LogP contribution in [-0.4, -0.2) is 29.6 Å². The van der Waals surface area contributed by atoms with Crippen molar-refractivity contribution >= 4 is 27.6 Å². The number of hydrogen-bond donors (Lipinski definition) is 1. The van der Waals surface area contributed by atoms with Gasteiger partial charge in [0.05, 0.1) is 11.5 Å². The SMILES string of the molecule is CCOC(=O)C(C)(N)COc1ccc(Br)cc1[N+](=O)[O-]. The lowest BCUT2D eigenvalue weighted by molar-refractivity contribution is -0.386. The Labute approximate surface area is 124 Å². The zero-order valence-electron chi connectivity index (χ0n) is 11.1. The topological polar surface area (TPSA) is 105 Å². The molecular weight excluding hydrogens is 332 g/mol. The zero-order valence-corrected chi connectivity index (χ0v) is 12.7. The van der Waals surface area contributed by atoms with Crippen molar-refractivity contribution in [2.75, 3.05) is 13.2 Å². The van der Waals surface area contributed by atoms with Crippen LogP contribution in [0, 0.1) is 10.1 Å². The maximum Gasteiger partial charge on any atom is 0.329 e. The second-order valence-corrected chi connectivity index (χ2v) is 5.21. The Bertz CT molecular complexity index is 519. The molecule has 2 N–H and O–H groups in total. The molecule has 1 aromatic rings. The molecule has 0 aromatic heterocycles. The van der Waals surface area contributed by atoms with Crippen molar-refractivity contribution in [1.82, 2.24) is 0 Å². The average molecular weight is 347 g/mol. The van der Waals surface area contributed by atoms with Crippen LogP contribution in [0.2, 0.25) is 0 Å². The highest BCUT2D eigenvalue weighted by Crippen LogP contribution is 2.30. The van der Waals surface area contributed by atoms with Crippen LogP contribution in [0.4, 0.5) is 5.69 Å². The molecular formula is C12H15BrN2O5. The van der Waals surface area contributed by atoms with Crippen molar-refractivity contribution in [2.45, 2.75) is 19.4 Å². The maximum atomic E-state index is 11.6. The molecule has 1 aromatic carbocycles. The summed E-state index contributed by atoms with van der Waals surface area (Å²) < 4.78 is 10.7. The maximum absolute atomic E-state index is 11.6. The number of hydrogen-bond acceptors (Lipinski definition) is 6. The highest BCUT2D eigenvalue weighted by Gasteiger charge is 2.32. The summed E-state index contributed by atoms with van der Waals surface area (Å²) in [6, 6.07) is 4.34. The van der Waals surface area contributed by atoms with Crippen LogP contribution in [0.15, 0.2) is 22.7 Å². The number of ether oxygens (including phenoxy) is 2. The third-order valence-corrected chi connectivity index (χ3v) is 2.88. The minimum absolute atomic E-state index is 0.0409. The van der Waals surface area contributed by atoms with Crippen LogP contribution >= 0.6 is 15.9 Å². The van der Waals surface area contributed by atoms with Gasteiger partial charge >= 0.3 is 11.7 Å². The molecule has 1 rings (SSSR count). The van der Waals surface area contributed by atoms with Gasteiger partial charge in [-0.25, -0.2) is 4.79 Å². The lowest BCUT2D eigenvalue weighted by Gasteiger charge is -2.22. The Morgan fingerprint density at radius 2 is 2.20 bits per heavy atom. The molecule has 1 atom stereocenters. The van der Waals surface area contributed by atoms with Crippen molar-refractivity contribution < 1.29 is 19.2 Å². The lowest BCUT2D eigenvalue weighted by atomic mass is 10.1. The first-order valence-electron chi connectivity index (χ1n) is 5.80. The monoisotopic (exact) mass is 346 g/mol. The predicted octanol–water partition coefficient (Wildman–Crippen LogP) is 2.02. The molecule has 8 heteroatoms. The van der Waals surface area contributed by atoms with Gasteiger partial charge in [0.25, 0.3) is 0 Å². The fourth-order valence-corrected chi connectivity index (χ4v) is 1.69. The van der Waals surface area contributed by atoms with Crippen molar-refractivity contribution in [1.29, 1.82) is 0 Å². The Hall–Kier alpha value is -1.67. The zero-order chi connectivity index (χ0) is 15.3. The average Bonchev–Trinajstić information content (AvgIpc) is 2.37. The molecule has 0 aliphatic rings. The predicted molar refractivity (Wildman–Crippen MR) is 75.5 cm³/mol. The van der Waals surface area contributed by atoms with E-state index in [4.69, 9.17) is 15.2 Å². The largest absolute Gasteiger partial charge is 0.484 e. The van der Waals surface area contributed by atoms with Gasteiger partial charge in [-0.3, -0.25) is 10.1 Å². The molecule has 0 amide bonds. The van der Waals surface area contributed by atoms with Crippen molar-refractivity contribution in [3.8, 4) is 5.75 Å². The minimum atomic E-state index is -1.38. The standard InChI is InChI=1S/C12H15BrN2O5/c1-3-19-11(16)12(2,14)7-20-10-5-4-8(13)6-9(10)15(17)18/h4-6H,3,7,14H2,1-2H3. The van der Waals surface area contributed by atoms with Crippen LogP contribution in [-0.2, 0) is 9.53 Å². The number of nitrogens with two attached hydrogens (primary N) is 1. The van der Waals surface area contributed by atoms with Gasteiger partial charge in [0.2, 0.25) is 0 Å². The smallest absolute Gasteiger partial charge is 0.329 e. The van der Waals surface area contributed by atoms with Gasteiger partial charge in [-0.05, 0) is 26.0 Å². The normalized spacial score (nSPS) is 13.4. The van der Waals surface area contributed by atoms with Crippen molar-refractivity contribution in [2.24, 2.45) is 5.73 Å². The molecule has 7 nitrogen and oxygen atoms in total. The molecule has 0 spiro atoms. The number of carbonyl (C=O) groups is 1. The van der Waals surface area contributed by atoms with Crippen LogP contribution in [0.25, 0.3) is 0 Å². The van der Waals surface area contributed by atoms with E-state index >= 15 is 0 Å². The third-order valence-electron chi connectivity index (χ3n) is 2.39. The molecule has 0 heterocycles. The lowest BCUT2D eigenvalue weighted by Crippen LogP contribution is -2.51. The molecule has 0 aliphatic heterocycles. The molecule has 1 unspecified atom stereocenters. The van der Waals surface area contributed by atoms with E-state index in [9.17, 15) is 14.9 Å². The summed E-state index contributed by atoms with van der Waals surface area (Å²) in [5.74, 6) is -0.584. The number of rotatable bonds is 6. The van der Waals surface area contributed by atoms with Gasteiger partial charge in [-0.15, -0.1) is 0 Å². The van der Waals surface area contributed by atoms with E-state index in [0.29, 0.717) is 4.47 Å². The molecule has 0 radical (unpaired) electrons. The summed E-state index contributed by atoms with van der Waals surface area (Å²) in [5, 5.41) is 10.9. The van der Waals surface area contributed by atoms with E-state index < -0.39 is 16.4 Å². The number of nitrogens with zero attached hydrogens (tertiary/aromatic N) is 1. The molecule has 0 saturated heterocycles. The first-order chi connectivity index (χ1) is 9.27. The van der Waals surface area contributed by atoms with Crippen molar-refractivity contribution in [3.63, 3.8) is 0 Å². The summed E-state index contributed by atoms with van der Waals surface area (Å²) in [4.78, 5) is 21.9. The van der Waals surface area contributed by atoms with E-state index in [0.717, 1.165) is 0 Å². The van der Waals surface area contributed by atoms with E-state index in [-0.39, 0.29) is 24.7 Å². The molecule has 0 fully saturated rings. The van der Waals surface area contributed by atoms with Gasteiger partial charge in [0.1, 0.15) is 12.1 Å². The van der Waals surface area contributed by atoms with Gasteiger partial charge < -0.3 is 15.2 Å². The van der Waals surface area contributed by atoms with Crippen LogP contribution in [0.1, 0.15) is 13.8 Å². The Morgan fingerprint density at radius 1 is 1.55 bits per heavy atom. The fraction of sp³-hybridized carbons (Fsp3) is 0.417. The van der Waals surface area contributed by atoms with E-state index in [1.165, 1.54) is 19.1 Å². The molecule has 0 bridgehead atoms. The third kappa shape index (κ3) is 4.17. The van der Waals surface area contributed by atoms with Crippen LogP contribution in [0.3, 0.4) is 0 Å². The van der Waals surface area contributed by atoms with E-state index in [1.807, 2.05) is 0 Å². The van der Waals surface area contributed by atoms with Gasteiger partial charge in [-0.2, -0.15) is 0 Å². The number of benzene rings is 1. The quantitative estimate of drug-likeness (QED) is 0.480. The number of esters is 1. The Balaban J connectivity index is 2.84. The number of carbonyl (C=O) groups excluding carboxylic acids is 1. The van der Waals surface area contributed by atoms with Crippen LogP contribution < -0.4 is 10.5 Å². The second-order valence-electron chi connectivity index (χ2n) is 4.30. The Kier molecular flexibility index (Phi) is 5.46. The highest BCUT2D eigenvalue weighted by molar-refractivity contribution is 9.10. The second kappa shape index (κ2) is 6.67. The van der Waals surface area contributed by atoms with E-state index in [1.54, 1.807) is 13.0 Å². The van der Waals surface area contributed by atoms with Crippen LogP contribution in [0.5, 0.6) is 5.75 Å². The summed E-state index contributed by atoms with van der Waals surface area (Å²) in [7, 11) is 0. The fourth-order valence-electron chi connectivity index (χ4n) is 1.34. The van der Waals surface area contributed by atoms with Gasteiger partial charge in [0, 0.05) is 10.5 Å². The molecule has 0 aliphatic carbocycles. The molecule has 0 saturated carbocycles. The van der Waals surface area contributed by atoms with E-state index in [2.05, 4.69) is 15.9 Å². The summed E-state index contributed by atoms with van der Waals surface area (Å²) >= 11 is 3.14. The summed E-state index contributed by atoms with van der Waals surface area (Å²) in [6.07, 6.45) is 0. The summed E-state index contributed by atoms with van der Waals surface area (Å²) in [6.45, 7) is 3.07. The Morgan fingerprint density at radius 3 is 2.75 bits per heavy atom. The minimum Gasteiger partial charge on any atom is -0.484 e. The van der Waals surface area contributed by atoms with Gasteiger partial charge in [-0.1, -0.05) is 15.9 Å². The number of nitro benzene ring substituents is 1. The van der Waals surface area contributed by atoms with Gasteiger partial charge in [0.15, 0.2) is 5.75 Å². The number of nitro groups is 1. The number of halogens is 1.